The maximum atomic E-state index is 11.4. The fourth-order valence-corrected chi connectivity index (χ4v) is 4.39. The highest BCUT2D eigenvalue weighted by molar-refractivity contribution is 5.58. The summed E-state index contributed by atoms with van der Waals surface area (Å²) in [5.74, 6) is 0. The summed E-state index contributed by atoms with van der Waals surface area (Å²) in [6.07, 6.45) is 31.6. The van der Waals surface area contributed by atoms with Crippen molar-refractivity contribution in [2.75, 3.05) is 13.2 Å². The molecule has 35 heavy (non-hydrogen) atoms. The number of ether oxygens (including phenoxy) is 1. The van der Waals surface area contributed by atoms with E-state index >= 15 is 0 Å². The van der Waals surface area contributed by atoms with Gasteiger partial charge in [0.25, 0.3) is 0 Å². The van der Waals surface area contributed by atoms with Crippen LogP contribution < -0.4 is 0 Å². The van der Waals surface area contributed by atoms with Crippen LogP contribution in [0.25, 0.3) is 0 Å². The van der Waals surface area contributed by atoms with Gasteiger partial charge in [0.1, 0.15) is 0 Å². The zero-order valence-electron chi connectivity index (χ0n) is 23.6. The first-order valence-electron chi connectivity index (χ1n) is 15.4. The molecule has 0 unspecified atom stereocenters. The first-order valence-corrected chi connectivity index (χ1v) is 15.4. The molecule has 0 radical (unpaired) electrons. The summed E-state index contributed by atoms with van der Waals surface area (Å²) < 4.78 is 4.98. The standard InChI is InChI=1S/C30H60O5/c1-3-5-7-9-11-13-15-16-17-18-19-21-23-25-27-29-33-35-34-30(31)32-28-26-24-22-20-14-12-10-8-6-4-2/h3-29H2,1-2H3. The molecule has 0 saturated heterocycles. The Morgan fingerprint density at radius 2 is 0.743 bits per heavy atom. The number of carbonyl (C=O) groups excluding carboxylic acids is 1. The molecule has 0 N–H and O–H groups in total. The van der Waals surface area contributed by atoms with Crippen LogP contribution in [0.2, 0.25) is 0 Å². The molecule has 0 aliphatic rings. The third-order valence-electron chi connectivity index (χ3n) is 6.70. The molecule has 0 aromatic heterocycles. The van der Waals surface area contributed by atoms with E-state index in [9.17, 15) is 4.79 Å². The monoisotopic (exact) mass is 500 g/mol. The SMILES string of the molecule is CCCCCCCCCCCCCCCCCOOOC(=O)OCCCCCCCCCCCC. The Morgan fingerprint density at radius 1 is 0.429 bits per heavy atom. The van der Waals surface area contributed by atoms with Gasteiger partial charge < -0.3 is 4.74 Å². The van der Waals surface area contributed by atoms with Gasteiger partial charge in [0.15, 0.2) is 0 Å². The van der Waals surface area contributed by atoms with Gasteiger partial charge in [-0.05, 0) is 17.9 Å². The average Bonchev–Trinajstić information content (AvgIpc) is 2.86. The van der Waals surface area contributed by atoms with Crippen LogP contribution in [0, 0.1) is 0 Å². The van der Waals surface area contributed by atoms with Crippen molar-refractivity contribution in [1.82, 2.24) is 0 Å². The van der Waals surface area contributed by atoms with Crippen molar-refractivity contribution in [3.8, 4) is 0 Å². The van der Waals surface area contributed by atoms with Gasteiger partial charge in [0, 0.05) is 0 Å². The largest absolute Gasteiger partial charge is 0.542 e. The molecule has 0 fully saturated rings. The molecule has 0 atom stereocenters. The van der Waals surface area contributed by atoms with Gasteiger partial charge in [-0.3, -0.25) is 0 Å². The summed E-state index contributed by atoms with van der Waals surface area (Å²) in [4.78, 5) is 20.8. The topological polar surface area (TPSA) is 54.0 Å². The van der Waals surface area contributed by atoms with Crippen molar-refractivity contribution >= 4 is 6.16 Å². The Hall–Kier alpha value is -0.810. The average molecular weight is 501 g/mol. The summed E-state index contributed by atoms with van der Waals surface area (Å²) >= 11 is 0. The van der Waals surface area contributed by atoms with Crippen LogP contribution in [0.5, 0.6) is 0 Å². The second-order valence-electron chi connectivity index (χ2n) is 10.2. The third kappa shape index (κ3) is 31.2. The minimum Gasteiger partial charge on any atom is -0.432 e. The Bertz CT molecular complexity index is 402. The molecule has 0 spiro atoms. The molecule has 0 aromatic carbocycles. The first-order chi connectivity index (χ1) is 17.3. The van der Waals surface area contributed by atoms with Gasteiger partial charge in [-0.2, -0.15) is 4.89 Å². The van der Waals surface area contributed by atoms with Crippen LogP contribution in [0.3, 0.4) is 0 Å². The second kappa shape index (κ2) is 31.2. The third-order valence-corrected chi connectivity index (χ3v) is 6.70. The van der Waals surface area contributed by atoms with E-state index in [1.807, 2.05) is 0 Å². The van der Waals surface area contributed by atoms with E-state index in [0.29, 0.717) is 13.2 Å². The minimum absolute atomic E-state index is 0.373. The minimum atomic E-state index is -0.822. The van der Waals surface area contributed by atoms with E-state index in [1.165, 1.54) is 135 Å². The molecular formula is C30H60O5. The van der Waals surface area contributed by atoms with Gasteiger partial charge in [-0.1, -0.05) is 162 Å². The van der Waals surface area contributed by atoms with Crippen LogP contribution in [0.4, 0.5) is 4.79 Å². The molecular weight excluding hydrogens is 440 g/mol. The summed E-state index contributed by atoms with van der Waals surface area (Å²) in [5.41, 5.74) is 0. The van der Waals surface area contributed by atoms with Crippen molar-refractivity contribution in [3.05, 3.63) is 0 Å². The summed E-state index contributed by atoms with van der Waals surface area (Å²) in [6, 6.07) is 0. The maximum Gasteiger partial charge on any atom is 0.542 e. The molecule has 5 nitrogen and oxygen atoms in total. The summed E-state index contributed by atoms with van der Waals surface area (Å²) in [6.45, 7) is 5.33. The zero-order valence-corrected chi connectivity index (χ0v) is 23.6. The lowest BCUT2D eigenvalue weighted by atomic mass is 10.0. The van der Waals surface area contributed by atoms with E-state index < -0.39 is 6.16 Å². The number of hydrogen-bond donors (Lipinski definition) is 0. The van der Waals surface area contributed by atoms with Crippen LogP contribution in [0.15, 0.2) is 0 Å². The number of rotatable bonds is 29. The van der Waals surface area contributed by atoms with E-state index in [-0.39, 0.29) is 0 Å². The molecule has 0 aliphatic heterocycles. The van der Waals surface area contributed by atoms with Gasteiger partial charge in [-0.15, -0.1) is 0 Å². The van der Waals surface area contributed by atoms with E-state index in [2.05, 4.69) is 23.8 Å². The smallest absolute Gasteiger partial charge is 0.432 e. The number of carbonyl (C=O) groups is 1. The Kier molecular flexibility index (Phi) is 30.5. The second-order valence-corrected chi connectivity index (χ2v) is 10.2. The van der Waals surface area contributed by atoms with Crippen molar-refractivity contribution in [1.29, 1.82) is 0 Å². The van der Waals surface area contributed by atoms with Gasteiger partial charge in [0.2, 0.25) is 0 Å². The highest BCUT2D eigenvalue weighted by Gasteiger charge is 2.05. The Morgan fingerprint density at radius 3 is 1.11 bits per heavy atom. The van der Waals surface area contributed by atoms with Gasteiger partial charge in [-0.25, -0.2) is 9.68 Å². The van der Waals surface area contributed by atoms with Crippen LogP contribution in [-0.2, 0) is 19.6 Å². The molecule has 0 aromatic rings. The lowest BCUT2D eigenvalue weighted by molar-refractivity contribution is -0.486. The summed E-state index contributed by atoms with van der Waals surface area (Å²) in [7, 11) is 0. The number of unbranched alkanes of at least 4 members (excludes halogenated alkanes) is 23. The molecule has 0 saturated carbocycles. The fraction of sp³-hybridized carbons (Fsp3) is 0.967. The molecule has 0 heterocycles. The molecule has 0 bridgehead atoms. The predicted octanol–water partition coefficient (Wildman–Crippen LogP) is 10.8. The van der Waals surface area contributed by atoms with Gasteiger partial charge in [0.05, 0.1) is 13.2 Å². The molecule has 0 amide bonds. The lowest BCUT2D eigenvalue weighted by Crippen LogP contribution is -2.10. The molecule has 0 aliphatic carbocycles. The van der Waals surface area contributed by atoms with Crippen molar-refractivity contribution in [3.63, 3.8) is 0 Å². The maximum absolute atomic E-state index is 11.4. The van der Waals surface area contributed by atoms with E-state index in [4.69, 9.17) is 9.62 Å². The number of hydrogen-bond acceptors (Lipinski definition) is 5. The van der Waals surface area contributed by atoms with Crippen molar-refractivity contribution in [2.24, 2.45) is 0 Å². The Labute approximate surface area is 218 Å². The van der Waals surface area contributed by atoms with Crippen molar-refractivity contribution < 1.29 is 24.3 Å². The van der Waals surface area contributed by atoms with Crippen LogP contribution >= 0.6 is 0 Å². The highest BCUT2D eigenvalue weighted by Crippen LogP contribution is 2.13. The van der Waals surface area contributed by atoms with Gasteiger partial charge >= 0.3 is 6.16 Å². The van der Waals surface area contributed by atoms with E-state index in [1.54, 1.807) is 0 Å². The quantitative estimate of drug-likeness (QED) is 0.0442. The molecule has 5 heteroatoms. The fourth-order valence-electron chi connectivity index (χ4n) is 4.39. The Balaban J connectivity index is 3.13. The first kappa shape index (κ1) is 34.2. The lowest BCUT2D eigenvalue weighted by Gasteiger charge is -2.05. The summed E-state index contributed by atoms with van der Waals surface area (Å²) in [5, 5.41) is 4.49. The molecule has 210 valence electrons. The highest BCUT2D eigenvalue weighted by atomic mass is 17.5. The zero-order chi connectivity index (χ0) is 25.5. The van der Waals surface area contributed by atoms with Crippen LogP contribution in [0.1, 0.15) is 174 Å². The normalized spacial score (nSPS) is 11.1. The van der Waals surface area contributed by atoms with Crippen LogP contribution in [-0.4, -0.2) is 19.4 Å². The van der Waals surface area contributed by atoms with E-state index in [0.717, 1.165) is 25.7 Å². The predicted molar refractivity (Wildman–Crippen MR) is 146 cm³/mol. The molecule has 0 rings (SSSR count). The van der Waals surface area contributed by atoms with Crippen molar-refractivity contribution in [2.45, 2.75) is 174 Å².